The Morgan fingerprint density at radius 1 is 1.44 bits per heavy atom. The van der Waals surface area contributed by atoms with Gasteiger partial charge in [0.15, 0.2) is 5.82 Å². The van der Waals surface area contributed by atoms with E-state index in [9.17, 15) is 0 Å². The predicted octanol–water partition coefficient (Wildman–Crippen LogP) is 2.03. The number of aromatic nitrogens is 2. The van der Waals surface area contributed by atoms with Crippen LogP contribution in [0.15, 0.2) is 4.52 Å². The maximum absolute atomic E-state index is 5.46. The van der Waals surface area contributed by atoms with Gasteiger partial charge in [-0.05, 0) is 32.7 Å². The van der Waals surface area contributed by atoms with Crippen LogP contribution in [-0.4, -0.2) is 29.9 Å². The number of rotatable bonds is 7. The molecular weight excluding hydrogens is 230 g/mol. The van der Waals surface area contributed by atoms with Crippen LogP contribution in [-0.2, 0) is 16.7 Å². The van der Waals surface area contributed by atoms with Crippen molar-refractivity contribution in [3.63, 3.8) is 0 Å². The Labute approximate surface area is 108 Å². The number of hydrogen-bond acceptors (Lipinski definition) is 5. The van der Waals surface area contributed by atoms with Gasteiger partial charge in [-0.15, -0.1) is 0 Å². The molecule has 0 amide bonds. The van der Waals surface area contributed by atoms with Crippen molar-refractivity contribution in [3.8, 4) is 0 Å². The molecule has 1 unspecified atom stereocenters. The molecule has 5 nitrogen and oxygen atoms in total. The zero-order valence-corrected chi connectivity index (χ0v) is 11.4. The Morgan fingerprint density at radius 3 is 3.00 bits per heavy atom. The molecule has 1 aromatic heterocycles. The standard InChI is InChI=1S/C13H23N3O2/c1-3-7-13(8-5-9-14-13)12-15-11(16-18-12)6-10-17-4-2/h14H,3-10H2,1-2H3. The van der Waals surface area contributed by atoms with E-state index in [0.29, 0.717) is 6.61 Å². The van der Waals surface area contributed by atoms with Crippen molar-refractivity contribution in [2.24, 2.45) is 0 Å². The first-order valence-corrected chi connectivity index (χ1v) is 6.96. The molecule has 2 heterocycles. The van der Waals surface area contributed by atoms with Crippen LogP contribution in [0.3, 0.4) is 0 Å². The van der Waals surface area contributed by atoms with Crippen LogP contribution in [0.1, 0.15) is 51.2 Å². The maximum Gasteiger partial charge on any atom is 0.246 e. The highest BCUT2D eigenvalue weighted by Gasteiger charge is 2.39. The Kier molecular flexibility index (Phi) is 4.72. The molecule has 0 saturated carbocycles. The van der Waals surface area contributed by atoms with Crippen molar-refractivity contribution in [3.05, 3.63) is 11.7 Å². The van der Waals surface area contributed by atoms with Crippen LogP contribution in [0.5, 0.6) is 0 Å². The van der Waals surface area contributed by atoms with Crippen LogP contribution < -0.4 is 5.32 Å². The fraction of sp³-hybridized carbons (Fsp3) is 0.846. The topological polar surface area (TPSA) is 60.2 Å². The van der Waals surface area contributed by atoms with Crippen LogP contribution >= 0.6 is 0 Å². The van der Waals surface area contributed by atoms with Gasteiger partial charge >= 0.3 is 0 Å². The third-order valence-corrected chi connectivity index (χ3v) is 3.47. The maximum atomic E-state index is 5.46. The van der Waals surface area contributed by atoms with Gasteiger partial charge in [0.05, 0.1) is 12.1 Å². The fourth-order valence-corrected chi connectivity index (χ4v) is 2.59. The Hall–Kier alpha value is -0.940. The van der Waals surface area contributed by atoms with E-state index < -0.39 is 0 Å². The molecule has 0 spiro atoms. The Balaban J connectivity index is 2.02. The van der Waals surface area contributed by atoms with Crippen molar-refractivity contribution in [2.45, 2.75) is 51.5 Å². The van der Waals surface area contributed by atoms with Gasteiger partial charge in [0.2, 0.25) is 5.89 Å². The smallest absolute Gasteiger partial charge is 0.246 e. The third-order valence-electron chi connectivity index (χ3n) is 3.47. The van der Waals surface area contributed by atoms with Gasteiger partial charge in [-0.3, -0.25) is 0 Å². The first-order valence-electron chi connectivity index (χ1n) is 6.96. The van der Waals surface area contributed by atoms with E-state index in [0.717, 1.165) is 50.6 Å². The highest BCUT2D eigenvalue weighted by molar-refractivity contribution is 5.06. The second-order valence-electron chi connectivity index (χ2n) is 4.83. The molecule has 1 atom stereocenters. The summed E-state index contributed by atoms with van der Waals surface area (Å²) in [6.07, 6.45) is 5.16. The van der Waals surface area contributed by atoms with Crippen molar-refractivity contribution >= 4 is 0 Å². The van der Waals surface area contributed by atoms with Gasteiger partial charge in [0.25, 0.3) is 0 Å². The van der Waals surface area contributed by atoms with Crippen molar-refractivity contribution in [1.29, 1.82) is 0 Å². The molecule has 1 fully saturated rings. The quantitative estimate of drug-likeness (QED) is 0.753. The van der Waals surface area contributed by atoms with Gasteiger partial charge in [-0.1, -0.05) is 18.5 Å². The molecule has 18 heavy (non-hydrogen) atoms. The van der Waals surface area contributed by atoms with E-state index in [2.05, 4.69) is 22.4 Å². The minimum atomic E-state index is -0.0778. The van der Waals surface area contributed by atoms with E-state index in [1.54, 1.807) is 0 Å². The number of nitrogens with one attached hydrogen (secondary N) is 1. The highest BCUT2D eigenvalue weighted by Crippen LogP contribution is 2.34. The molecule has 0 aromatic carbocycles. The van der Waals surface area contributed by atoms with Crippen LogP contribution in [0, 0.1) is 0 Å². The number of hydrogen-bond donors (Lipinski definition) is 1. The first kappa shape index (κ1) is 13.5. The van der Waals surface area contributed by atoms with E-state index in [1.165, 1.54) is 6.42 Å². The van der Waals surface area contributed by atoms with Gasteiger partial charge in [0.1, 0.15) is 0 Å². The lowest BCUT2D eigenvalue weighted by atomic mass is 9.92. The summed E-state index contributed by atoms with van der Waals surface area (Å²) in [5.74, 6) is 1.51. The van der Waals surface area contributed by atoms with E-state index >= 15 is 0 Å². The molecule has 0 aliphatic carbocycles. The lowest BCUT2D eigenvalue weighted by Gasteiger charge is -2.24. The Bertz CT molecular complexity index is 359. The van der Waals surface area contributed by atoms with Gasteiger partial charge in [-0.25, -0.2) is 0 Å². The van der Waals surface area contributed by atoms with E-state index in [-0.39, 0.29) is 5.54 Å². The molecular formula is C13H23N3O2. The molecule has 0 radical (unpaired) electrons. The van der Waals surface area contributed by atoms with E-state index in [1.807, 2.05) is 6.92 Å². The average molecular weight is 253 g/mol. The zero-order valence-electron chi connectivity index (χ0n) is 11.4. The lowest BCUT2D eigenvalue weighted by molar-refractivity contribution is 0.149. The van der Waals surface area contributed by atoms with Gasteiger partial charge < -0.3 is 14.6 Å². The minimum Gasteiger partial charge on any atom is -0.381 e. The molecule has 102 valence electrons. The fourth-order valence-electron chi connectivity index (χ4n) is 2.59. The summed E-state index contributed by atoms with van der Waals surface area (Å²) >= 11 is 0. The van der Waals surface area contributed by atoms with Crippen LogP contribution in [0.2, 0.25) is 0 Å². The van der Waals surface area contributed by atoms with Crippen LogP contribution in [0.25, 0.3) is 0 Å². The van der Waals surface area contributed by atoms with Crippen molar-refractivity contribution in [2.75, 3.05) is 19.8 Å². The lowest BCUT2D eigenvalue weighted by Crippen LogP contribution is -2.37. The first-order chi connectivity index (χ1) is 8.80. The second kappa shape index (κ2) is 6.29. The zero-order chi connectivity index (χ0) is 12.8. The van der Waals surface area contributed by atoms with E-state index in [4.69, 9.17) is 9.26 Å². The molecule has 0 bridgehead atoms. The summed E-state index contributed by atoms with van der Waals surface area (Å²) < 4.78 is 10.8. The van der Waals surface area contributed by atoms with Crippen molar-refractivity contribution < 1.29 is 9.26 Å². The monoisotopic (exact) mass is 253 g/mol. The summed E-state index contributed by atoms with van der Waals surface area (Å²) in [7, 11) is 0. The number of nitrogens with zero attached hydrogens (tertiary/aromatic N) is 2. The molecule has 1 saturated heterocycles. The summed E-state index contributed by atoms with van der Waals surface area (Å²) in [6.45, 7) is 6.60. The highest BCUT2D eigenvalue weighted by atomic mass is 16.5. The summed E-state index contributed by atoms with van der Waals surface area (Å²) in [6, 6.07) is 0. The number of ether oxygens (including phenoxy) is 1. The molecule has 5 heteroatoms. The average Bonchev–Trinajstić information content (AvgIpc) is 2.99. The van der Waals surface area contributed by atoms with Crippen molar-refractivity contribution in [1.82, 2.24) is 15.5 Å². The third kappa shape index (κ3) is 2.90. The largest absolute Gasteiger partial charge is 0.381 e. The predicted molar refractivity (Wildman–Crippen MR) is 68.3 cm³/mol. The molecule has 1 N–H and O–H groups in total. The molecule has 2 rings (SSSR count). The molecule has 1 aliphatic heterocycles. The second-order valence-corrected chi connectivity index (χ2v) is 4.83. The van der Waals surface area contributed by atoms with Gasteiger partial charge in [0, 0.05) is 13.0 Å². The minimum absolute atomic E-state index is 0.0778. The summed E-state index contributed by atoms with van der Waals surface area (Å²) in [5.41, 5.74) is -0.0778. The summed E-state index contributed by atoms with van der Waals surface area (Å²) in [4.78, 5) is 4.53. The molecule has 1 aliphatic rings. The SMILES string of the molecule is CCCC1(c2nc(CCOCC)no2)CCCN1. The normalized spacial score (nSPS) is 23.7. The van der Waals surface area contributed by atoms with Gasteiger partial charge in [-0.2, -0.15) is 4.98 Å². The Morgan fingerprint density at radius 2 is 2.33 bits per heavy atom. The van der Waals surface area contributed by atoms with Crippen LogP contribution in [0.4, 0.5) is 0 Å². The summed E-state index contributed by atoms with van der Waals surface area (Å²) in [5, 5.41) is 7.59. The molecule has 1 aromatic rings.